The molecule has 0 radical (unpaired) electrons. The number of fused-ring (bicyclic) bond motifs is 1. The molecular formula is C15H13N3O3. The van der Waals surface area contributed by atoms with Gasteiger partial charge in [-0.1, -0.05) is 5.16 Å². The zero-order chi connectivity index (χ0) is 14.4. The number of pyridine rings is 1. The summed E-state index contributed by atoms with van der Waals surface area (Å²) in [5.41, 5.74) is 2.09. The van der Waals surface area contributed by atoms with Gasteiger partial charge in [-0.3, -0.25) is 4.79 Å². The minimum atomic E-state index is -0.121. The summed E-state index contributed by atoms with van der Waals surface area (Å²) in [7, 11) is 0. The Labute approximate surface area is 120 Å². The largest absolute Gasteiger partial charge is 0.463 e. The van der Waals surface area contributed by atoms with Gasteiger partial charge in [-0.2, -0.15) is 0 Å². The van der Waals surface area contributed by atoms with Gasteiger partial charge in [0.05, 0.1) is 22.9 Å². The van der Waals surface area contributed by atoms with E-state index in [1.807, 2.05) is 0 Å². The average Bonchev–Trinajstić information content (AvgIpc) is 3.00. The number of amides is 1. The van der Waals surface area contributed by atoms with Crippen LogP contribution >= 0.6 is 0 Å². The van der Waals surface area contributed by atoms with Crippen molar-refractivity contribution in [1.29, 1.82) is 0 Å². The maximum Gasteiger partial charge on any atom is 0.259 e. The van der Waals surface area contributed by atoms with Crippen LogP contribution in [0.1, 0.15) is 28.9 Å². The molecule has 0 bridgehead atoms. The van der Waals surface area contributed by atoms with Crippen molar-refractivity contribution in [2.75, 3.05) is 0 Å². The lowest BCUT2D eigenvalue weighted by molar-refractivity contribution is 0.0952. The first-order valence-electron chi connectivity index (χ1n) is 6.84. The van der Waals surface area contributed by atoms with Gasteiger partial charge >= 0.3 is 0 Å². The molecule has 1 saturated carbocycles. The van der Waals surface area contributed by atoms with E-state index in [1.54, 1.807) is 31.4 Å². The quantitative estimate of drug-likeness (QED) is 0.799. The smallest absolute Gasteiger partial charge is 0.259 e. The van der Waals surface area contributed by atoms with Gasteiger partial charge in [-0.25, -0.2) is 4.98 Å². The van der Waals surface area contributed by atoms with E-state index in [0.717, 1.165) is 12.8 Å². The number of carbonyl (C=O) groups is 1. The fourth-order valence-electron chi connectivity index (χ4n) is 2.32. The van der Waals surface area contributed by atoms with Crippen molar-refractivity contribution in [2.45, 2.75) is 25.8 Å². The number of aromatic nitrogens is 2. The van der Waals surface area contributed by atoms with Crippen molar-refractivity contribution >= 4 is 17.0 Å². The van der Waals surface area contributed by atoms with E-state index in [-0.39, 0.29) is 11.9 Å². The lowest BCUT2D eigenvalue weighted by atomic mass is 10.1. The Morgan fingerprint density at radius 3 is 3.00 bits per heavy atom. The third-order valence-electron chi connectivity index (χ3n) is 3.55. The van der Waals surface area contributed by atoms with Crippen molar-refractivity contribution in [3.8, 4) is 11.5 Å². The topological polar surface area (TPSA) is 81.2 Å². The van der Waals surface area contributed by atoms with E-state index >= 15 is 0 Å². The summed E-state index contributed by atoms with van der Waals surface area (Å²) in [6.45, 7) is 1.80. The van der Waals surface area contributed by atoms with Gasteiger partial charge in [0.15, 0.2) is 5.76 Å². The summed E-state index contributed by atoms with van der Waals surface area (Å²) in [5, 5.41) is 7.55. The molecule has 3 aromatic rings. The Kier molecular flexibility index (Phi) is 2.57. The second kappa shape index (κ2) is 4.44. The van der Waals surface area contributed by atoms with Crippen molar-refractivity contribution in [3.05, 3.63) is 35.7 Å². The highest BCUT2D eigenvalue weighted by molar-refractivity contribution is 6.07. The second-order valence-corrected chi connectivity index (χ2v) is 5.23. The van der Waals surface area contributed by atoms with E-state index in [4.69, 9.17) is 8.94 Å². The highest BCUT2D eigenvalue weighted by atomic mass is 16.5. The fourth-order valence-corrected chi connectivity index (χ4v) is 2.32. The molecule has 4 rings (SSSR count). The number of furan rings is 1. The molecule has 1 aliphatic carbocycles. The maximum absolute atomic E-state index is 12.4. The van der Waals surface area contributed by atoms with Gasteiger partial charge in [0.2, 0.25) is 0 Å². The van der Waals surface area contributed by atoms with Crippen LogP contribution in [0.2, 0.25) is 0 Å². The van der Waals surface area contributed by atoms with E-state index in [9.17, 15) is 4.79 Å². The van der Waals surface area contributed by atoms with Crippen LogP contribution in [-0.4, -0.2) is 22.1 Å². The van der Waals surface area contributed by atoms with E-state index in [0.29, 0.717) is 33.8 Å². The highest BCUT2D eigenvalue weighted by Gasteiger charge is 2.26. The number of carbonyl (C=O) groups excluding carboxylic acids is 1. The number of hydrogen-bond donors (Lipinski definition) is 1. The molecule has 1 fully saturated rings. The Balaban J connectivity index is 1.88. The average molecular weight is 283 g/mol. The van der Waals surface area contributed by atoms with Crippen LogP contribution in [0.5, 0.6) is 0 Å². The summed E-state index contributed by atoms with van der Waals surface area (Å²) in [6, 6.07) is 5.58. The lowest BCUT2D eigenvalue weighted by Gasteiger charge is -2.06. The van der Waals surface area contributed by atoms with Gasteiger partial charge in [0.25, 0.3) is 11.6 Å². The van der Waals surface area contributed by atoms with E-state index < -0.39 is 0 Å². The number of nitrogens with one attached hydrogen (secondary N) is 1. The van der Waals surface area contributed by atoms with Gasteiger partial charge in [-0.15, -0.1) is 0 Å². The summed E-state index contributed by atoms with van der Waals surface area (Å²) >= 11 is 0. The van der Waals surface area contributed by atoms with Gasteiger partial charge in [-0.05, 0) is 38.0 Å². The highest BCUT2D eigenvalue weighted by Crippen LogP contribution is 2.28. The zero-order valence-corrected chi connectivity index (χ0v) is 11.4. The van der Waals surface area contributed by atoms with Crippen LogP contribution in [0, 0.1) is 6.92 Å². The summed E-state index contributed by atoms with van der Waals surface area (Å²) in [6.07, 6.45) is 3.64. The Hall–Kier alpha value is -2.63. The van der Waals surface area contributed by atoms with Gasteiger partial charge < -0.3 is 14.3 Å². The van der Waals surface area contributed by atoms with Crippen LogP contribution in [-0.2, 0) is 0 Å². The van der Waals surface area contributed by atoms with Crippen molar-refractivity contribution in [2.24, 2.45) is 0 Å². The molecule has 3 heterocycles. The van der Waals surface area contributed by atoms with Crippen LogP contribution in [0.3, 0.4) is 0 Å². The second-order valence-electron chi connectivity index (χ2n) is 5.23. The fraction of sp³-hybridized carbons (Fsp3) is 0.267. The van der Waals surface area contributed by atoms with E-state index in [2.05, 4.69) is 15.5 Å². The first kappa shape index (κ1) is 12.1. The molecule has 0 aliphatic heterocycles. The number of aryl methyl sites for hydroxylation is 1. The molecule has 0 unspecified atom stereocenters. The molecule has 1 N–H and O–H groups in total. The molecule has 0 atom stereocenters. The number of rotatable bonds is 3. The molecule has 1 amide bonds. The molecule has 0 aromatic carbocycles. The first-order chi connectivity index (χ1) is 10.2. The molecular weight excluding hydrogens is 270 g/mol. The molecule has 3 aromatic heterocycles. The third kappa shape index (κ3) is 2.08. The lowest BCUT2D eigenvalue weighted by Crippen LogP contribution is -2.25. The molecule has 106 valence electrons. The molecule has 6 heteroatoms. The van der Waals surface area contributed by atoms with Gasteiger partial charge in [0.1, 0.15) is 5.69 Å². The minimum Gasteiger partial charge on any atom is -0.463 e. The maximum atomic E-state index is 12.4. The summed E-state index contributed by atoms with van der Waals surface area (Å²) < 4.78 is 10.6. The predicted molar refractivity (Wildman–Crippen MR) is 74.7 cm³/mol. The van der Waals surface area contributed by atoms with Crippen LogP contribution in [0.25, 0.3) is 22.6 Å². The normalized spacial score (nSPS) is 14.5. The Bertz CT molecular complexity index is 816. The SMILES string of the molecule is Cc1noc2nc(-c3ccco3)cc(C(=O)NC3CC3)c12. The molecule has 6 nitrogen and oxygen atoms in total. The standard InChI is InChI=1S/C15H13N3O3/c1-8-13-10(14(19)16-9-4-5-9)7-11(12-3-2-6-20-12)17-15(13)21-18-8/h2-3,6-7,9H,4-5H2,1H3,(H,16,19). The Morgan fingerprint density at radius 1 is 1.43 bits per heavy atom. The molecule has 0 spiro atoms. The number of nitrogens with zero attached hydrogens (tertiary/aromatic N) is 2. The number of hydrogen-bond acceptors (Lipinski definition) is 5. The molecule has 21 heavy (non-hydrogen) atoms. The Morgan fingerprint density at radius 2 is 2.29 bits per heavy atom. The van der Waals surface area contributed by atoms with Crippen LogP contribution in [0.4, 0.5) is 0 Å². The predicted octanol–water partition coefficient (Wildman–Crippen LogP) is 2.68. The van der Waals surface area contributed by atoms with Crippen LogP contribution in [0.15, 0.2) is 33.4 Å². The van der Waals surface area contributed by atoms with Crippen molar-refractivity contribution in [1.82, 2.24) is 15.5 Å². The zero-order valence-electron chi connectivity index (χ0n) is 11.4. The van der Waals surface area contributed by atoms with Crippen molar-refractivity contribution < 1.29 is 13.7 Å². The molecule has 1 aliphatic rings. The first-order valence-corrected chi connectivity index (χ1v) is 6.84. The summed E-state index contributed by atoms with van der Waals surface area (Å²) in [5.74, 6) is 0.468. The van der Waals surface area contributed by atoms with Gasteiger partial charge in [0, 0.05) is 6.04 Å². The monoisotopic (exact) mass is 283 g/mol. The third-order valence-corrected chi connectivity index (χ3v) is 3.55. The minimum absolute atomic E-state index is 0.121. The van der Waals surface area contributed by atoms with E-state index in [1.165, 1.54) is 0 Å². The van der Waals surface area contributed by atoms with Crippen molar-refractivity contribution in [3.63, 3.8) is 0 Å². The molecule has 0 saturated heterocycles. The summed E-state index contributed by atoms with van der Waals surface area (Å²) in [4.78, 5) is 16.8. The van der Waals surface area contributed by atoms with Crippen LogP contribution < -0.4 is 5.32 Å².